The minimum Gasteiger partial charge on any atom is -0.307 e. The topological polar surface area (TPSA) is 42.7 Å². The van der Waals surface area contributed by atoms with E-state index >= 15 is 0 Å². The van der Waals surface area contributed by atoms with Gasteiger partial charge in [-0.25, -0.2) is 0 Å². The first-order valence-corrected chi connectivity index (χ1v) is 5.34. The SMILES string of the molecule is Cc1cncc(CNCc2ccnn2C)c1. The van der Waals surface area contributed by atoms with Crippen molar-refractivity contribution in [3.63, 3.8) is 0 Å². The van der Waals surface area contributed by atoms with Crippen molar-refractivity contribution in [2.45, 2.75) is 20.0 Å². The van der Waals surface area contributed by atoms with Crippen molar-refractivity contribution in [3.05, 3.63) is 47.5 Å². The molecule has 2 rings (SSSR count). The molecule has 2 heterocycles. The maximum absolute atomic E-state index is 4.16. The van der Waals surface area contributed by atoms with Gasteiger partial charge in [-0.15, -0.1) is 0 Å². The lowest BCUT2D eigenvalue weighted by Crippen LogP contribution is -2.15. The van der Waals surface area contributed by atoms with Gasteiger partial charge in [-0.2, -0.15) is 5.10 Å². The third-order valence-electron chi connectivity index (χ3n) is 2.49. The van der Waals surface area contributed by atoms with Crippen molar-refractivity contribution < 1.29 is 0 Å². The van der Waals surface area contributed by atoms with E-state index in [-0.39, 0.29) is 0 Å². The Morgan fingerprint density at radius 1 is 1.31 bits per heavy atom. The van der Waals surface area contributed by atoms with Gasteiger partial charge in [-0.3, -0.25) is 9.67 Å². The standard InChI is InChI=1S/C12H16N4/c1-10-5-11(7-13-6-10)8-14-9-12-3-4-15-16(12)2/h3-7,14H,8-9H2,1-2H3. The lowest BCUT2D eigenvalue weighted by molar-refractivity contribution is 0.625. The van der Waals surface area contributed by atoms with Gasteiger partial charge in [0.1, 0.15) is 0 Å². The summed E-state index contributed by atoms with van der Waals surface area (Å²) in [5.41, 5.74) is 3.59. The van der Waals surface area contributed by atoms with Crippen LogP contribution in [-0.2, 0) is 20.1 Å². The first kappa shape index (κ1) is 10.8. The zero-order valence-corrected chi connectivity index (χ0v) is 9.64. The lowest BCUT2D eigenvalue weighted by Gasteiger charge is -2.05. The summed E-state index contributed by atoms with van der Waals surface area (Å²) in [5, 5.41) is 7.49. The molecule has 2 aromatic rings. The van der Waals surface area contributed by atoms with Crippen LogP contribution < -0.4 is 5.32 Å². The van der Waals surface area contributed by atoms with E-state index < -0.39 is 0 Å². The van der Waals surface area contributed by atoms with Gasteiger partial charge in [-0.1, -0.05) is 6.07 Å². The van der Waals surface area contributed by atoms with Crippen LogP contribution in [0, 0.1) is 6.92 Å². The molecule has 84 valence electrons. The normalized spacial score (nSPS) is 10.6. The van der Waals surface area contributed by atoms with Crippen LogP contribution >= 0.6 is 0 Å². The highest BCUT2D eigenvalue weighted by molar-refractivity contribution is 5.16. The number of rotatable bonds is 4. The Bertz CT molecular complexity index is 462. The van der Waals surface area contributed by atoms with Crippen LogP contribution in [0.4, 0.5) is 0 Å². The summed E-state index contributed by atoms with van der Waals surface area (Å²) < 4.78 is 1.88. The average molecular weight is 216 g/mol. The Morgan fingerprint density at radius 2 is 2.19 bits per heavy atom. The predicted octanol–water partition coefficient (Wildman–Crippen LogP) is 1.41. The Balaban J connectivity index is 1.87. The molecular weight excluding hydrogens is 200 g/mol. The monoisotopic (exact) mass is 216 g/mol. The average Bonchev–Trinajstić information content (AvgIpc) is 2.65. The van der Waals surface area contributed by atoms with E-state index in [1.54, 1.807) is 0 Å². The van der Waals surface area contributed by atoms with Gasteiger partial charge in [0.25, 0.3) is 0 Å². The molecule has 0 aromatic carbocycles. The van der Waals surface area contributed by atoms with Crippen LogP contribution in [0.1, 0.15) is 16.8 Å². The summed E-state index contributed by atoms with van der Waals surface area (Å²) in [4.78, 5) is 4.16. The first-order chi connectivity index (χ1) is 7.75. The molecule has 1 N–H and O–H groups in total. The summed E-state index contributed by atoms with van der Waals surface area (Å²) in [7, 11) is 1.95. The molecule has 0 saturated heterocycles. The highest BCUT2D eigenvalue weighted by atomic mass is 15.3. The van der Waals surface area contributed by atoms with Crippen molar-refractivity contribution in [2.24, 2.45) is 7.05 Å². The third kappa shape index (κ3) is 2.67. The number of aromatic nitrogens is 3. The van der Waals surface area contributed by atoms with E-state index in [9.17, 15) is 0 Å². The Hall–Kier alpha value is -1.68. The fourth-order valence-electron chi connectivity index (χ4n) is 1.62. The van der Waals surface area contributed by atoms with E-state index in [1.807, 2.05) is 36.4 Å². The van der Waals surface area contributed by atoms with Gasteiger partial charge < -0.3 is 5.32 Å². The van der Waals surface area contributed by atoms with Crippen molar-refractivity contribution >= 4 is 0 Å². The fraction of sp³-hybridized carbons (Fsp3) is 0.333. The molecule has 0 spiro atoms. The van der Waals surface area contributed by atoms with Gasteiger partial charge in [0.2, 0.25) is 0 Å². The van der Waals surface area contributed by atoms with Crippen LogP contribution in [0.3, 0.4) is 0 Å². The summed E-state index contributed by atoms with van der Waals surface area (Å²) in [5.74, 6) is 0. The number of nitrogens with zero attached hydrogens (tertiary/aromatic N) is 3. The second kappa shape index (κ2) is 4.90. The van der Waals surface area contributed by atoms with Crippen molar-refractivity contribution in [2.75, 3.05) is 0 Å². The van der Waals surface area contributed by atoms with Gasteiger partial charge in [0.05, 0.1) is 5.69 Å². The minimum absolute atomic E-state index is 0.824. The van der Waals surface area contributed by atoms with E-state index in [0.29, 0.717) is 0 Å². The van der Waals surface area contributed by atoms with Crippen LogP contribution in [0.15, 0.2) is 30.7 Å². The predicted molar refractivity (Wildman–Crippen MR) is 62.7 cm³/mol. The maximum atomic E-state index is 4.16. The van der Waals surface area contributed by atoms with Crippen molar-refractivity contribution in [3.8, 4) is 0 Å². The van der Waals surface area contributed by atoms with E-state index in [2.05, 4.69) is 28.4 Å². The lowest BCUT2D eigenvalue weighted by atomic mass is 10.2. The maximum Gasteiger partial charge on any atom is 0.0518 e. The minimum atomic E-state index is 0.824. The van der Waals surface area contributed by atoms with Gasteiger partial charge in [-0.05, 0) is 24.1 Å². The Kier molecular flexibility index (Phi) is 3.31. The Morgan fingerprint density at radius 3 is 2.88 bits per heavy atom. The molecule has 0 amide bonds. The molecular formula is C12H16N4. The number of nitrogens with one attached hydrogen (secondary N) is 1. The van der Waals surface area contributed by atoms with Gasteiger partial charge in [0, 0.05) is 38.7 Å². The molecule has 0 aliphatic carbocycles. The van der Waals surface area contributed by atoms with E-state index in [4.69, 9.17) is 0 Å². The molecule has 0 atom stereocenters. The van der Waals surface area contributed by atoms with Crippen LogP contribution in [0.2, 0.25) is 0 Å². The first-order valence-electron chi connectivity index (χ1n) is 5.34. The molecule has 0 aliphatic heterocycles. The molecule has 0 unspecified atom stereocenters. The molecule has 16 heavy (non-hydrogen) atoms. The summed E-state index contributed by atoms with van der Waals surface area (Å²) in [6.07, 6.45) is 5.57. The van der Waals surface area contributed by atoms with Crippen molar-refractivity contribution in [1.82, 2.24) is 20.1 Å². The van der Waals surface area contributed by atoms with E-state index in [0.717, 1.165) is 13.1 Å². The van der Waals surface area contributed by atoms with Crippen LogP contribution in [-0.4, -0.2) is 14.8 Å². The summed E-state index contributed by atoms with van der Waals surface area (Å²) >= 11 is 0. The number of hydrogen-bond donors (Lipinski definition) is 1. The second-order valence-electron chi connectivity index (χ2n) is 3.92. The number of hydrogen-bond acceptors (Lipinski definition) is 3. The highest BCUT2D eigenvalue weighted by Crippen LogP contribution is 2.01. The Labute approximate surface area is 95.3 Å². The van der Waals surface area contributed by atoms with Gasteiger partial charge >= 0.3 is 0 Å². The molecule has 0 bridgehead atoms. The van der Waals surface area contributed by atoms with Gasteiger partial charge in [0.15, 0.2) is 0 Å². The quantitative estimate of drug-likeness (QED) is 0.840. The zero-order valence-electron chi connectivity index (χ0n) is 9.64. The smallest absolute Gasteiger partial charge is 0.0518 e. The summed E-state index contributed by atoms with van der Waals surface area (Å²) in [6, 6.07) is 4.16. The summed E-state index contributed by atoms with van der Waals surface area (Å²) in [6.45, 7) is 3.71. The molecule has 4 heteroatoms. The zero-order chi connectivity index (χ0) is 11.4. The van der Waals surface area contributed by atoms with Crippen molar-refractivity contribution in [1.29, 1.82) is 0 Å². The second-order valence-corrected chi connectivity index (χ2v) is 3.92. The fourth-order valence-corrected chi connectivity index (χ4v) is 1.62. The van der Waals surface area contributed by atoms with Crippen LogP contribution in [0.5, 0.6) is 0 Å². The number of pyridine rings is 1. The van der Waals surface area contributed by atoms with E-state index in [1.165, 1.54) is 16.8 Å². The molecule has 0 aliphatic rings. The molecule has 0 saturated carbocycles. The molecule has 0 fully saturated rings. The third-order valence-corrected chi connectivity index (χ3v) is 2.49. The largest absolute Gasteiger partial charge is 0.307 e. The van der Waals surface area contributed by atoms with Crippen LogP contribution in [0.25, 0.3) is 0 Å². The number of aryl methyl sites for hydroxylation is 2. The molecule has 2 aromatic heterocycles. The highest BCUT2D eigenvalue weighted by Gasteiger charge is 1.98. The molecule has 0 radical (unpaired) electrons. The molecule has 4 nitrogen and oxygen atoms in total.